The summed E-state index contributed by atoms with van der Waals surface area (Å²) < 4.78 is 34.1. The summed E-state index contributed by atoms with van der Waals surface area (Å²) in [5.41, 5.74) is 0. The Labute approximate surface area is 450 Å². The van der Waals surface area contributed by atoms with E-state index in [0.29, 0.717) is 19.3 Å². The first-order valence-electron chi connectivity index (χ1n) is 27.8. The average molecular weight is 1080 g/mol. The van der Waals surface area contributed by atoms with Crippen molar-refractivity contribution in [3.8, 4) is 0 Å². The highest BCUT2D eigenvalue weighted by atomic mass is 16.8. The van der Waals surface area contributed by atoms with Gasteiger partial charge < -0.3 is 89.9 Å². The summed E-state index contributed by atoms with van der Waals surface area (Å²) in [6, 6.07) is -1.02. The van der Waals surface area contributed by atoms with Crippen molar-refractivity contribution in [3.63, 3.8) is 0 Å². The molecule has 436 valence electrons. The lowest BCUT2D eigenvalue weighted by Crippen LogP contribution is -2.66. The Kier molecular flexibility index (Phi) is 35.6. The first-order valence-corrected chi connectivity index (χ1v) is 27.8. The largest absolute Gasteiger partial charge is 0.394 e. The number of ether oxygens (including phenoxy) is 6. The zero-order chi connectivity index (χ0) is 55.5. The summed E-state index contributed by atoms with van der Waals surface area (Å²) in [5, 5.41) is 120. The number of carbonyl (C=O) groups is 1. The summed E-state index contributed by atoms with van der Waals surface area (Å²) in [7, 11) is 0. The molecular weight excluding hydrogens is 987 g/mol. The molecule has 3 heterocycles. The summed E-state index contributed by atoms with van der Waals surface area (Å²) in [6.07, 6.45) is 20.1. The van der Waals surface area contributed by atoms with Crippen molar-refractivity contribution in [1.29, 1.82) is 0 Å². The van der Waals surface area contributed by atoms with E-state index in [1.54, 1.807) is 6.08 Å². The van der Waals surface area contributed by atoms with E-state index >= 15 is 0 Å². The van der Waals surface area contributed by atoms with E-state index in [-0.39, 0.29) is 12.3 Å². The van der Waals surface area contributed by atoms with Crippen molar-refractivity contribution >= 4 is 5.91 Å². The molecule has 19 nitrogen and oxygen atoms in total. The van der Waals surface area contributed by atoms with Crippen LogP contribution >= 0.6 is 0 Å². The fourth-order valence-electron chi connectivity index (χ4n) is 8.83. The third-order valence-electron chi connectivity index (χ3n) is 13.4. The van der Waals surface area contributed by atoms with Gasteiger partial charge in [-0.2, -0.15) is 0 Å². The number of hydrogen-bond donors (Lipinski definition) is 12. The van der Waals surface area contributed by atoms with Gasteiger partial charge in [-0.3, -0.25) is 4.79 Å². The van der Waals surface area contributed by atoms with E-state index in [1.165, 1.54) is 44.9 Å². The van der Waals surface area contributed by atoms with E-state index in [9.17, 15) is 61.0 Å². The molecule has 3 rings (SSSR count). The highest BCUT2D eigenvalue weighted by molar-refractivity contribution is 5.76. The zero-order valence-electron chi connectivity index (χ0n) is 44.9. The lowest BCUT2D eigenvalue weighted by atomic mass is 9.96. The van der Waals surface area contributed by atoms with Crippen LogP contribution in [0.5, 0.6) is 0 Å². The highest BCUT2D eigenvalue weighted by Gasteiger charge is 2.53. The van der Waals surface area contributed by atoms with Crippen LogP contribution in [0.4, 0.5) is 0 Å². The smallest absolute Gasteiger partial charge is 0.220 e. The molecular formula is C57H95NO18. The minimum absolute atomic E-state index is 0.152. The average Bonchev–Trinajstić information content (AvgIpc) is 3.41. The molecule has 76 heavy (non-hydrogen) atoms. The second kappa shape index (κ2) is 40.2. The van der Waals surface area contributed by atoms with Gasteiger partial charge in [-0.25, -0.2) is 0 Å². The molecule has 3 aliphatic heterocycles. The van der Waals surface area contributed by atoms with E-state index < -0.39 is 131 Å². The molecule has 3 saturated heterocycles. The van der Waals surface area contributed by atoms with Gasteiger partial charge in [0.25, 0.3) is 0 Å². The fraction of sp³-hybridized carbons (Fsp3) is 0.737. The van der Waals surface area contributed by atoms with Crippen LogP contribution < -0.4 is 5.32 Å². The van der Waals surface area contributed by atoms with Gasteiger partial charge in [0.1, 0.15) is 73.2 Å². The van der Waals surface area contributed by atoms with Crippen molar-refractivity contribution in [3.05, 3.63) is 85.1 Å². The number of allylic oxidation sites excluding steroid dienone is 13. The van der Waals surface area contributed by atoms with Gasteiger partial charge in [-0.15, -0.1) is 0 Å². The SMILES string of the molecule is CC/C=C\C/C=C\C/C=C\C/C=C\C/C=C\CCCC(=O)NC(COC1OC(CO)C(OC2OC(CO)C(OC3OC(CO)C(O)C(O)C3O)C(O)C2O)C(O)C1O)C(O)/C=C/CC/C=C/CCCCCCCCCC. The van der Waals surface area contributed by atoms with Crippen LogP contribution in [0, 0.1) is 0 Å². The molecule has 0 aliphatic carbocycles. The Morgan fingerprint density at radius 2 is 0.921 bits per heavy atom. The van der Waals surface area contributed by atoms with Gasteiger partial charge >= 0.3 is 0 Å². The number of unbranched alkanes of at least 4 members (excludes halogenated alkanes) is 10. The Morgan fingerprint density at radius 3 is 1.47 bits per heavy atom. The summed E-state index contributed by atoms with van der Waals surface area (Å²) in [4.78, 5) is 13.2. The predicted octanol–water partition coefficient (Wildman–Crippen LogP) is 3.64. The number of aliphatic hydroxyl groups excluding tert-OH is 11. The first kappa shape index (κ1) is 67.2. The van der Waals surface area contributed by atoms with E-state index in [4.69, 9.17) is 28.4 Å². The summed E-state index contributed by atoms with van der Waals surface area (Å²) in [5.74, 6) is -0.348. The molecule has 12 N–H and O–H groups in total. The van der Waals surface area contributed by atoms with Crippen LogP contribution in [0.25, 0.3) is 0 Å². The fourth-order valence-corrected chi connectivity index (χ4v) is 8.83. The van der Waals surface area contributed by atoms with Crippen molar-refractivity contribution in [2.24, 2.45) is 0 Å². The van der Waals surface area contributed by atoms with Gasteiger partial charge in [0.2, 0.25) is 5.91 Å². The topological polar surface area (TPSA) is 307 Å². The molecule has 1 amide bonds. The van der Waals surface area contributed by atoms with E-state index in [1.807, 2.05) is 18.2 Å². The van der Waals surface area contributed by atoms with Gasteiger partial charge in [0.15, 0.2) is 18.9 Å². The maximum absolute atomic E-state index is 13.2. The van der Waals surface area contributed by atoms with Crippen molar-refractivity contribution in [2.75, 3.05) is 26.4 Å². The molecule has 0 aromatic heterocycles. The number of amides is 1. The molecule has 0 spiro atoms. The molecule has 17 atom stereocenters. The lowest BCUT2D eigenvalue weighted by molar-refractivity contribution is -0.379. The number of aliphatic hydroxyl groups is 11. The zero-order valence-corrected chi connectivity index (χ0v) is 44.9. The number of carbonyl (C=O) groups excluding carboxylic acids is 1. The lowest BCUT2D eigenvalue weighted by Gasteiger charge is -2.48. The summed E-state index contributed by atoms with van der Waals surface area (Å²) in [6.45, 7) is 1.49. The van der Waals surface area contributed by atoms with Crippen LogP contribution in [0.15, 0.2) is 85.1 Å². The standard InChI is InChI=1S/C57H95NO18/c1-3-5-7-9-11-13-15-17-19-20-21-23-25-27-29-31-33-35-45(63)58-40(41(62)34-32-30-28-26-24-22-18-16-14-12-10-8-6-4-2)39-71-55-51(69)48(66)53(43(37-60)73-55)76-57-52(70)49(67)54(44(38-61)74-57)75-56-50(68)47(65)46(64)42(36-59)72-56/h5,7,11,13,17,19,21,23-24,26-27,29,32,34,40-44,46-57,59-62,64-70H,3-4,6,8-10,12,14-16,18,20,22,25,28,30-31,33,35-39H2,1-2H3,(H,58,63)/b7-5-,13-11-,19-17-,23-21-,26-24+,29-27-,34-32+. The van der Waals surface area contributed by atoms with E-state index in [2.05, 4.69) is 79.9 Å². The monoisotopic (exact) mass is 1080 g/mol. The van der Waals surface area contributed by atoms with Crippen molar-refractivity contribution < 1.29 is 89.4 Å². The second-order valence-electron chi connectivity index (χ2n) is 19.7. The number of nitrogens with one attached hydrogen (secondary N) is 1. The van der Waals surface area contributed by atoms with Gasteiger partial charge in [0.05, 0.1) is 38.6 Å². The van der Waals surface area contributed by atoms with Crippen LogP contribution in [0.3, 0.4) is 0 Å². The Morgan fingerprint density at radius 1 is 0.487 bits per heavy atom. The minimum atomic E-state index is -1.99. The minimum Gasteiger partial charge on any atom is -0.394 e. The molecule has 0 bridgehead atoms. The highest BCUT2D eigenvalue weighted by Crippen LogP contribution is 2.33. The van der Waals surface area contributed by atoms with Gasteiger partial charge in [-0.1, -0.05) is 144 Å². The molecule has 0 saturated carbocycles. The Balaban J connectivity index is 1.57. The van der Waals surface area contributed by atoms with Gasteiger partial charge in [0, 0.05) is 6.42 Å². The Bertz CT molecular complexity index is 1720. The molecule has 0 aromatic rings. The third-order valence-corrected chi connectivity index (χ3v) is 13.4. The summed E-state index contributed by atoms with van der Waals surface area (Å²) >= 11 is 0. The maximum atomic E-state index is 13.2. The molecule has 0 radical (unpaired) electrons. The maximum Gasteiger partial charge on any atom is 0.220 e. The number of hydrogen-bond acceptors (Lipinski definition) is 18. The molecule has 0 aromatic carbocycles. The van der Waals surface area contributed by atoms with Crippen LogP contribution in [0.2, 0.25) is 0 Å². The van der Waals surface area contributed by atoms with E-state index in [0.717, 1.165) is 51.4 Å². The van der Waals surface area contributed by atoms with Crippen molar-refractivity contribution in [2.45, 2.75) is 240 Å². The van der Waals surface area contributed by atoms with Crippen molar-refractivity contribution in [1.82, 2.24) is 5.32 Å². The van der Waals surface area contributed by atoms with Crippen LogP contribution in [-0.4, -0.2) is 193 Å². The quantitative estimate of drug-likeness (QED) is 0.0310. The molecule has 3 aliphatic rings. The normalized spacial score (nSPS) is 31.6. The predicted molar refractivity (Wildman–Crippen MR) is 286 cm³/mol. The molecule has 19 heteroatoms. The number of rotatable bonds is 38. The molecule has 17 unspecified atom stereocenters. The second-order valence-corrected chi connectivity index (χ2v) is 19.7. The third kappa shape index (κ3) is 24.5. The molecule has 3 fully saturated rings. The van der Waals surface area contributed by atoms with Crippen LogP contribution in [0.1, 0.15) is 136 Å². The van der Waals surface area contributed by atoms with Crippen LogP contribution in [-0.2, 0) is 33.2 Å². The Hall–Kier alpha value is -3.03. The van der Waals surface area contributed by atoms with Gasteiger partial charge in [-0.05, 0) is 70.6 Å². The first-order chi connectivity index (χ1) is 36.8.